The number of fused-ring (bicyclic) bond motifs is 2. The van der Waals surface area contributed by atoms with Crippen molar-refractivity contribution in [3.8, 4) is 23.4 Å². The molecule has 0 aliphatic rings. The summed E-state index contributed by atoms with van der Waals surface area (Å²) in [7, 11) is 0. The van der Waals surface area contributed by atoms with Crippen molar-refractivity contribution in [1.82, 2.24) is 9.66 Å². The predicted molar refractivity (Wildman–Crippen MR) is 128 cm³/mol. The van der Waals surface area contributed by atoms with Crippen molar-refractivity contribution < 1.29 is 14.1 Å². The van der Waals surface area contributed by atoms with E-state index in [1.54, 1.807) is 42.5 Å². The molecule has 0 amide bonds. The fourth-order valence-corrected chi connectivity index (χ4v) is 3.60. The largest absolute Gasteiger partial charge is 0.472 e. The summed E-state index contributed by atoms with van der Waals surface area (Å²) in [5, 5.41) is 25.6. The van der Waals surface area contributed by atoms with Gasteiger partial charge in [0.2, 0.25) is 5.82 Å². The smallest absolute Gasteiger partial charge is 0.311 e. The van der Waals surface area contributed by atoms with Gasteiger partial charge in [-0.05, 0) is 36.4 Å². The molecule has 10 heteroatoms. The molecule has 170 valence electrons. The van der Waals surface area contributed by atoms with Crippen LogP contribution in [0.3, 0.4) is 0 Å². The van der Waals surface area contributed by atoms with Crippen LogP contribution < -0.4 is 10.3 Å². The first-order valence-corrected chi connectivity index (χ1v) is 10.4. The fraction of sp³-hybridized carbons (Fsp3) is 0.0400. The Morgan fingerprint density at radius 1 is 1.14 bits per heavy atom. The molecule has 0 radical (unpaired) electrons. The van der Waals surface area contributed by atoms with E-state index >= 15 is 0 Å². The number of ether oxygens (including phenoxy) is 1. The number of para-hydroxylation sites is 2. The highest BCUT2D eigenvalue weighted by Crippen LogP contribution is 2.29. The number of nitriles is 1. The molecule has 0 saturated heterocycles. The monoisotopic (exact) mass is 465 g/mol. The minimum Gasteiger partial charge on any atom is -0.472 e. The van der Waals surface area contributed by atoms with Crippen molar-refractivity contribution >= 4 is 33.8 Å². The van der Waals surface area contributed by atoms with E-state index in [9.17, 15) is 14.9 Å². The molecule has 0 bridgehead atoms. The first-order valence-electron chi connectivity index (χ1n) is 10.4. The van der Waals surface area contributed by atoms with E-state index in [1.165, 1.54) is 24.4 Å². The van der Waals surface area contributed by atoms with Crippen molar-refractivity contribution in [3.05, 3.63) is 98.8 Å². The Labute approximate surface area is 197 Å². The van der Waals surface area contributed by atoms with Crippen molar-refractivity contribution in [2.75, 3.05) is 6.61 Å². The third-order valence-corrected chi connectivity index (χ3v) is 5.19. The number of nitro groups is 1. The molecule has 0 unspecified atom stereocenters. The number of rotatable bonds is 6. The minimum absolute atomic E-state index is 0.0406. The van der Waals surface area contributed by atoms with Crippen molar-refractivity contribution in [1.29, 1.82) is 5.26 Å². The van der Waals surface area contributed by atoms with Gasteiger partial charge in [0.1, 0.15) is 11.7 Å². The highest BCUT2D eigenvalue weighted by atomic mass is 16.6. The summed E-state index contributed by atoms with van der Waals surface area (Å²) in [5.74, 6) is 0.489. The minimum atomic E-state index is -0.617. The SMILES string of the molecule is N#CCOc1ccc(C=Nn2c(-c3cc4ccccc4o3)nc3ccccc3c2=O)cc1[N+](=O)[O-]. The second-order valence-electron chi connectivity index (χ2n) is 7.39. The molecule has 35 heavy (non-hydrogen) atoms. The lowest BCUT2D eigenvalue weighted by Gasteiger charge is -2.07. The molecule has 0 fully saturated rings. The third-order valence-electron chi connectivity index (χ3n) is 5.19. The molecule has 0 spiro atoms. The van der Waals surface area contributed by atoms with Crippen molar-refractivity contribution in [2.24, 2.45) is 5.10 Å². The summed E-state index contributed by atoms with van der Waals surface area (Å²) in [6.07, 6.45) is 1.31. The number of nitrogens with zero attached hydrogens (tertiary/aromatic N) is 5. The summed E-state index contributed by atoms with van der Waals surface area (Å²) in [5.41, 5.74) is 0.700. The zero-order valence-electron chi connectivity index (χ0n) is 18.0. The average Bonchev–Trinajstić information content (AvgIpc) is 3.31. The van der Waals surface area contributed by atoms with Crippen LogP contribution in [0.2, 0.25) is 0 Å². The van der Waals surface area contributed by atoms with Gasteiger partial charge in [0.25, 0.3) is 5.56 Å². The van der Waals surface area contributed by atoms with E-state index in [2.05, 4.69) is 10.1 Å². The van der Waals surface area contributed by atoms with E-state index < -0.39 is 10.5 Å². The van der Waals surface area contributed by atoms with Crippen LogP contribution in [0.5, 0.6) is 5.75 Å². The van der Waals surface area contributed by atoms with E-state index in [1.807, 2.05) is 18.2 Å². The third kappa shape index (κ3) is 4.09. The normalized spacial score (nSPS) is 11.2. The molecule has 0 atom stereocenters. The summed E-state index contributed by atoms with van der Waals surface area (Å²) < 4.78 is 12.1. The molecule has 5 aromatic rings. The quantitative estimate of drug-likeness (QED) is 0.204. The molecule has 0 N–H and O–H groups in total. The topological polar surface area (TPSA) is 137 Å². The summed E-state index contributed by atoms with van der Waals surface area (Å²) in [6.45, 7) is -0.326. The Morgan fingerprint density at radius 3 is 2.74 bits per heavy atom. The summed E-state index contributed by atoms with van der Waals surface area (Å²) in [4.78, 5) is 28.8. The molecule has 10 nitrogen and oxygen atoms in total. The zero-order valence-corrected chi connectivity index (χ0v) is 18.0. The van der Waals surface area contributed by atoms with Crippen LogP contribution in [0.1, 0.15) is 5.56 Å². The zero-order chi connectivity index (χ0) is 24.4. The summed E-state index contributed by atoms with van der Waals surface area (Å²) >= 11 is 0. The van der Waals surface area contributed by atoms with Crippen LogP contribution in [-0.4, -0.2) is 27.4 Å². The van der Waals surface area contributed by atoms with Gasteiger partial charge < -0.3 is 9.15 Å². The lowest BCUT2D eigenvalue weighted by molar-refractivity contribution is -0.385. The van der Waals surface area contributed by atoms with Gasteiger partial charge in [0.05, 0.1) is 22.0 Å². The molecular weight excluding hydrogens is 450 g/mol. The fourth-order valence-electron chi connectivity index (χ4n) is 3.60. The van der Waals surface area contributed by atoms with E-state index in [0.717, 1.165) is 10.1 Å². The first-order chi connectivity index (χ1) is 17.0. The molecule has 5 rings (SSSR count). The maximum Gasteiger partial charge on any atom is 0.311 e. The number of aromatic nitrogens is 2. The Kier molecular flexibility index (Phi) is 5.49. The van der Waals surface area contributed by atoms with Crippen LogP contribution in [0, 0.1) is 21.4 Å². The van der Waals surface area contributed by atoms with Crippen LogP contribution in [0.4, 0.5) is 5.69 Å². The maximum absolute atomic E-state index is 13.3. The van der Waals surface area contributed by atoms with E-state index in [4.69, 9.17) is 14.4 Å². The Hall–Kier alpha value is -5.30. The first kappa shape index (κ1) is 21.5. The number of hydrogen-bond donors (Lipinski definition) is 0. The Balaban J connectivity index is 1.65. The standard InChI is InChI=1S/C25H15N5O5/c26-11-12-34-22-10-9-16(13-20(22)30(32)33)15-27-29-24(23-14-17-5-1-4-8-21(17)35-23)28-19-7-3-2-6-18(19)25(29)31/h1-10,13-15H,12H2. The van der Waals surface area contributed by atoms with Crippen LogP contribution in [-0.2, 0) is 0 Å². The molecule has 0 aliphatic heterocycles. The number of furan rings is 1. The number of nitro benzene ring substituents is 1. The molecule has 2 aromatic heterocycles. The number of hydrogen-bond acceptors (Lipinski definition) is 8. The highest BCUT2D eigenvalue weighted by molar-refractivity contribution is 5.85. The second kappa shape index (κ2) is 8.92. The van der Waals surface area contributed by atoms with Crippen molar-refractivity contribution in [3.63, 3.8) is 0 Å². The second-order valence-corrected chi connectivity index (χ2v) is 7.39. The van der Waals surface area contributed by atoms with Gasteiger partial charge in [-0.15, -0.1) is 0 Å². The highest BCUT2D eigenvalue weighted by Gasteiger charge is 2.18. The lowest BCUT2D eigenvalue weighted by atomic mass is 10.2. The molecule has 0 saturated carbocycles. The van der Waals surface area contributed by atoms with Gasteiger partial charge in [0.15, 0.2) is 18.1 Å². The maximum atomic E-state index is 13.3. The van der Waals surface area contributed by atoms with E-state index in [-0.39, 0.29) is 23.9 Å². The van der Waals surface area contributed by atoms with Gasteiger partial charge >= 0.3 is 5.69 Å². The predicted octanol–water partition coefficient (Wildman–Crippen LogP) is 4.50. The van der Waals surface area contributed by atoms with E-state index in [0.29, 0.717) is 27.8 Å². The van der Waals surface area contributed by atoms with Gasteiger partial charge in [-0.3, -0.25) is 14.9 Å². The molecular formula is C25H15N5O5. The van der Waals surface area contributed by atoms with Gasteiger partial charge in [-0.2, -0.15) is 15.0 Å². The molecule has 2 heterocycles. The van der Waals surface area contributed by atoms with Crippen LogP contribution >= 0.6 is 0 Å². The Morgan fingerprint density at radius 2 is 1.94 bits per heavy atom. The van der Waals surface area contributed by atoms with Gasteiger partial charge in [-0.1, -0.05) is 30.3 Å². The number of benzene rings is 3. The lowest BCUT2D eigenvalue weighted by Crippen LogP contribution is -2.20. The van der Waals surface area contributed by atoms with Crippen LogP contribution in [0.25, 0.3) is 33.5 Å². The van der Waals surface area contributed by atoms with Crippen LogP contribution in [0.15, 0.2) is 87.1 Å². The molecule has 3 aromatic carbocycles. The van der Waals surface area contributed by atoms with Gasteiger partial charge in [0, 0.05) is 17.0 Å². The molecule has 0 aliphatic carbocycles. The van der Waals surface area contributed by atoms with Crippen molar-refractivity contribution in [2.45, 2.75) is 0 Å². The summed E-state index contributed by atoms with van der Waals surface area (Å²) in [6, 6.07) is 22.0. The average molecular weight is 465 g/mol. The van der Waals surface area contributed by atoms with Gasteiger partial charge in [-0.25, -0.2) is 4.98 Å². The Bertz CT molecular complexity index is 1700.